The monoisotopic (exact) mass is 777 g/mol. The van der Waals surface area contributed by atoms with Crippen molar-refractivity contribution in [2.24, 2.45) is 23.7 Å². The van der Waals surface area contributed by atoms with Crippen LogP contribution in [0.25, 0.3) is 64.3 Å². The van der Waals surface area contributed by atoms with Crippen LogP contribution in [0.5, 0.6) is 0 Å². The van der Waals surface area contributed by atoms with E-state index in [0.717, 1.165) is 11.8 Å². The fourth-order valence-electron chi connectivity index (χ4n) is 12.4. The van der Waals surface area contributed by atoms with Gasteiger partial charge >= 0.3 is 0 Å². The number of fused-ring (bicyclic) bond motifs is 12. The molecule has 1 unspecified atom stereocenters. The molecule has 3 aliphatic carbocycles. The van der Waals surface area contributed by atoms with Crippen molar-refractivity contribution < 1.29 is 0 Å². The normalized spacial score (nSPS) is 21.9. The molecule has 2 heteroatoms. The Hall–Kier alpha value is -5.96. The Kier molecular flexibility index (Phi) is 8.04. The molecule has 59 heavy (non-hydrogen) atoms. The fraction of sp³-hybridized carbons (Fsp3) is 0.193. The number of nitrogens with zero attached hydrogens (tertiary/aromatic N) is 1. The minimum absolute atomic E-state index is 0.0295. The minimum atomic E-state index is 0.0295. The number of benzene rings is 8. The molecule has 2 fully saturated rings. The van der Waals surface area contributed by atoms with Gasteiger partial charge in [0.1, 0.15) is 0 Å². The van der Waals surface area contributed by atoms with E-state index in [0.29, 0.717) is 11.8 Å². The molecule has 5 atom stereocenters. The van der Waals surface area contributed by atoms with Crippen LogP contribution in [0.1, 0.15) is 50.7 Å². The van der Waals surface area contributed by atoms with Crippen LogP contribution in [0.15, 0.2) is 176 Å². The summed E-state index contributed by atoms with van der Waals surface area (Å²) in [7, 11) is 0. The molecule has 8 aromatic carbocycles. The summed E-state index contributed by atoms with van der Waals surface area (Å²) < 4.78 is 2.67. The molecule has 0 radical (unpaired) electrons. The second kappa shape index (κ2) is 13.5. The first-order valence-electron chi connectivity index (χ1n) is 21.7. The lowest BCUT2D eigenvalue weighted by atomic mass is 9.49. The highest BCUT2D eigenvalue weighted by molar-refractivity contribution is 7.25. The standard InChI is InChI=1S/C57H47NS/c1-36-31-38-33-37(2)57(41(32-36)34-38)51-21-9-7-18-47(51)48-30-29-43(35-52(48)57)58(53-22-11-14-39-13-3-4-16-45(39)53)42-27-25-40(26-28-42)44-15-5-6-17-46(44)49-20-12-24-55-56(49)50-19-8-10-23-54(50)59-55/h3-30,35-38,41H,31-34H2,1-2H3/t36-,37+,38-,41-,57?/m0/s1. The number of rotatable bonds is 5. The minimum Gasteiger partial charge on any atom is -0.310 e. The summed E-state index contributed by atoms with van der Waals surface area (Å²) in [6, 6.07) is 66.5. The summed E-state index contributed by atoms with van der Waals surface area (Å²) >= 11 is 1.88. The van der Waals surface area contributed by atoms with Crippen LogP contribution in [-0.2, 0) is 5.41 Å². The van der Waals surface area contributed by atoms with Crippen molar-refractivity contribution >= 4 is 59.3 Å². The molecule has 3 aliphatic rings. The van der Waals surface area contributed by atoms with Gasteiger partial charge in [-0.15, -0.1) is 11.3 Å². The second-order valence-corrected chi connectivity index (χ2v) is 18.9. The maximum atomic E-state index is 2.61. The maximum absolute atomic E-state index is 2.61. The summed E-state index contributed by atoms with van der Waals surface area (Å²) in [5.74, 6) is 2.86. The number of anilines is 3. The lowest BCUT2D eigenvalue weighted by molar-refractivity contribution is 0.0426. The lowest BCUT2D eigenvalue weighted by Gasteiger charge is -2.54. The highest BCUT2D eigenvalue weighted by Gasteiger charge is 2.56. The summed E-state index contributed by atoms with van der Waals surface area (Å²) in [5.41, 5.74) is 14.7. The van der Waals surface area contributed by atoms with E-state index in [4.69, 9.17) is 0 Å². The molecule has 286 valence electrons. The fourth-order valence-corrected chi connectivity index (χ4v) is 13.6. The number of hydrogen-bond donors (Lipinski definition) is 0. The van der Waals surface area contributed by atoms with Gasteiger partial charge < -0.3 is 4.90 Å². The summed E-state index contributed by atoms with van der Waals surface area (Å²) in [5, 5.41) is 5.19. The van der Waals surface area contributed by atoms with Gasteiger partial charge in [0, 0.05) is 42.3 Å². The van der Waals surface area contributed by atoms with Gasteiger partial charge in [-0.2, -0.15) is 0 Å². The Morgan fingerprint density at radius 3 is 2.03 bits per heavy atom. The van der Waals surface area contributed by atoms with Gasteiger partial charge in [-0.3, -0.25) is 0 Å². The zero-order valence-electron chi connectivity index (χ0n) is 33.7. The van der Waals surface area contributed by atoms with Crippen molar-refractivity contribution in [3.63, 3.8) is 0 Å². The molecule has 2 bridgehead atoms. The van der Waals surface area contributed by atoms with Gasteiger partial charge in [0.2, 0.25) is 0 Å². The second-order valence-electron chi connectivity index (χ2n) is 17.9. The Balaban J connectivity index is 1.02. The van der Waals surface area contributed by atoms with E-state index in [1.54, 1.807) is 11.1 Å². The molecule has 1 nitrogen and oxygen atoms in total. The summed E-state index contributed by atoms with van der Waals surface area (Å²) in [4.78, 5) is 2.53. The molecular formula is C57H47NS. The van der Waals surface area contributed by atoms with Crippen molar-refractivity contribution in [2.75, 3.05) is 4.90 Å². The first-order chi connectivity index (χ1) is 29.1. The molecule has 9 aromatic rings. The Morgan fingerprint density at radius 2 is 1.15 bits per heavy atom. The van der Waals surface area contributed by atoms with E-state index < -0.39 is 0 Å². The van der Waals surface area contributed by atoms with Crippen molar-refractivity contribution in [3.05, 3.63) is 187 Å². The summed E-state index contributed by atoms with van der Waals surface area (Å²) in [6.07, 6.45) is 5.36. The van der Waals surface area contributed by atoms with E-state index in [1.165, 1.54) is 107 Å². The maximum Gasteiger partial charge on any atom is 0.0540 e. The molecule has 0 saturated heterocycles. The topological polar surface area (TPSA) is 3.24 Å². The first-order valence-corrected chi connectivity index (χ1v) is 22.5. The van der Waals surface area contributed by atoms with Crippen molar-refractivity contribution in [1.29, 1.82) is 0 Å². The van der Waals surface area contributed by atoms with E-state index in [2.05, 4.69) is 195 Å². The third kappa shape index (κ3) is 5.28. The highest BCUT2D eigenvalue weighted by atomic mass is 32.1. The smallest absolute Gasteiger partial charge is 0.0540 e. The number of hydrogen-bond acceptors (Lipinski definition) is 2. The Bertz CT molecular complexity index is 3070. The zero-order valence-corrected chi connectivity index (χ0v) is 34.6. The molecule has 12 rings (SSSR count). The van der Waals surface area contributed by atoms with E-state index in [9.17, 15) is 0 Å². The van der Waals surface area contributed by atoms with Gasteiger partial charge in [0.15, 0.2) is 0 Å². The van der Waals surface area contributed by atoms with Crippen LogP contribution in [0.2, 0.25) is 0 Å². The quantitative estimate of drug-likeness (QED) is 0.168. The van der Waals surface area contributed by atoms with E-state index in [-0.39, 0.29) is 5.41 Å². The SMILES string of the molecule is C[C@H]1C[C@@H]2C[C@H](C1)C1(c3ccccc3-c3ccc(N(c4ccc(-c5ccccc5-c5cccc6sc7ccccc7c56)cc4)c4cccc5ccccc45)cc31)[C@H](C)C2. The average molecular weight is 778 g/mol. The van der Waals surface area contributed by atoms with Crippen LogP contribution in [0.4, 0.5) is 17.1 Å². The molecule has 0 aliphatic heterocycles. The largest absolute Gasteiger partial charge is 0.310 e. The van der Waals surface area contributed by atoms with E-state index >= 15 is 0 Å². The van der Waals surface area contributed by atoms with Gasteiger partial charge in [-0.25, -0.2) is 0 Å². The molecule has 1 spiro atoms. The van der Waals surface area contributed by atoms with Gasteiger partial charge in [-0.1, -0.05) is 147 Å². The predicted octanol–water partition coefficient (Wildman–Crippen LogP) is 16.4. The molecule has 0 amide bonds. The third-order valence-electron chi connectivity index (χ3n) is 14.6. The van der Waals surface area contributed by atoms with Crippen LogP contribution in [0, 0.1) is 23.7 Å². The molecule has 1 aromatic heterocycles. The summed E-state index contributed by atoms with van der Waals surface area (Å²) in [6.45, 7) is 5.09. The molecule has 2 saturated carbocycles. The van der Waals surface area contributed by atoms with Crippen LogP contribution in [0.3, 0.4) is 0 Å². The van der Waals surface area contributed by atoms with Crippen molar-refractivity contribution in [1.82, 2.24) is 0 Å². The van der Waals surface area contributed by atoms with Gasteiger partial charge in [0.05, 0.1) is 5.69 Å². The number of thiophene rings is 1. The lowest BCUT2D eigenvalue weighted by Crippen LogP contribution is -2.49. The Labute approximate surface area is 351 Å². The predicted molar refractivity (Wildman–Crippen MR) is 252 cm³/mol. The highest BCUT2D eigenvalue weighted by Crippen LogP contribution is 2.65. The molecule has 1 heterocycles. The van der Waals surface area contributed by atoms with Gasteiger partial charge in [-0.05, 0) is 142 Å². The average Bonchev–Trinajstić information content (AvgIpc) is 3.80. The molecule has 0 N–H and O–H groups in total. The van der Waals surface area contributed by atoms with Crippen LogP contribution >= 0.6 is 11.3 Å². The third-order valence-corrected chi connectivity index (χ3v) is 15.7. The first kappa shape index (κ1) is 35.0. The Morgan fingerprint density at radius 1 is 0.492 bits per heavy atom. The zero-order chi connectivity index (χ0) is 39.2. The van der Waals surface area contributed by atoms with E-state index in [1.807, 2.05) is 11.3 Å². The molecular weight excluding hydrogens is 731 g/mol. The van der Waals surface area contributed by atoms with Crippen molar-refractivity contribution in [3.8, 4) is 33.4 Å². The van der Waals surface area contributed by atoms with Crippen LogP contribution < -0.4 is 4.90 Å². The van der Waals surface area contributed by atoms with Crippen molar-refractivity contribution in [2.45, 2.75) is 44.9 Å². The van der Waals surface area contributed by atoms with Crippen LogP contribution in [-0.4, -0.2) is 0 Å². The van der Waals surface area contributed by atoms with Gasteiger partial charge in [0.25, 0.3) is 0 Å².